The molecule has 94 valence electrons. The second-order valence-corrected chi connectivity index (χ2v) is 5.04. The van der Waals surface area contributed by atoms with Gasteiger partial charge < -0.3 is 10.6 Å². The van der Waals surface area contributed by atoms with Gasteiger partial charge >= 0.3 is 0 Å². The highest BCUT2D eigenvalue weighted by Gasteiger charge is 2.26. The molecule has 1 aromatic rings. The van der Waals surface area contributed by atoms with Crippen LogP contribution in [0, 0.1) is 13.8 Å². The van der Waals surface area contributed by atoms with E-state index >= 15 is 0 Å². The molecule has 1 saturated carbocycles. The predicted octanol–water partition coefficient (Wildman–Crippen LogP) is 1.80. The van der Waals surface area contributed by atoms with Crippen LogP contribution in [-0.2, 0) is 0 Å². The molecule has 1 aromatic heterocycles. The van der Waals surface area contributed by atoms with Crippen molar-refractivity contribution in [2.75, 3.05) is 11.9 Å². The molecule has 0 radical (unpaired) electrons. The van der Waals surface area contributed by atoms with Crippen molar-refractivity contribution in [2.45, 2.75) is 51.6 Å². The number of aryl methyl sites for hydroxylation is 2. The second-order valence-electron chi connectivity index (χ2n) is 5.04. The summed E-state index contributed by atoms with van der Waals surface area (Å²) in [7, 11) is 2.09. The summed E-state index contributed by atoms with van der Waals surface area (Å²) in [5.41, 5.74) is 7.23. The van der Waals surface area contributed by atoms with Crippen LogP contribution in [-0.4, -0.2) is 29.1 Å². The quantitative estimate of drug-likeness (QED) is 0.847. The van der Waals surface area contributed by atoms with Crippen molar-refractivity contribution in [1.29, 1.82) is 0 Å². The summed E-state index contributed by atoms with van der Waals surface area (Å²) in [6.45, 7) is 3.94. The van der Waals surface area contributed by atoms with Gasteiger partial charge in [0.05, 0.1) is 0 Å². The summed E-state index contributed by atoms with van der Waals surface area (Å²) < 4.78 is 0. The summed E-state index contributed by atoms with van der Waals surface area (Å²) >= 11 is 0. The SMILES string of the molecule is Cc1cc(N(C)C2CCCCC2N)nc(C)n1. The number of anilines is 1. The van der Waals surface area contributed by atoms with Crippen LogP contribution in [0.1, 0.15) is 37.2 Å². The Morgan fingerprint density at radius 3 is 2.59 bits per heavy atom. The van der Waals surface area contributed by atoms with Gasteiger partial charge in [-0.05, 0) is 26.7 Å². The van der Waals surface area contributed by atoms with E-state index in [4.69, 9.17) is 5.73 Å². The fourth-order valence-corrected chi connectivity index (χ4v) is 2.67. The number of rotatable bonds is 2. The number of nitrogens with zero attached hydrogens (tertiary/aromatic N) is 3. The van der Waals surface area contributed by atoms with Crippen LogP contribution in [0.2, 0.25) is 0 Å². The van der Waals surface area contributed by atoms with Gasteiger partial charge in [0, 0.05) is 30.9 Å². The summed E-state index contributed by atoms with van der Waals surface area (Å²) in [5, 5.41) is 0. The molecule has 0 amide bonds. The van der Waals surface area contributed by atoms with Crippen molar-refractivity contribution in [3.8, 4) is 0 Å². The summed E-state index contributed by atoms with van der Waals surface area (Å²) in [5.74, 6) is 1.83. The molecule has 0 spiro atoms. The third-order valence-corrected chi connectivity index (χ3v) is 3.59. The number of aromatic nitrogens is 2. The molecule has 2 N–H and O–H groups in total. The molecule has 2 atom stereocenters. The van der Waals surface area contributed by atoms with Crippen molar-refractivity contribution >= 4 is 5.82 Å². The van der Waals surface area contributed by atoms with Crippen LogP contribution < -0.4 is 10.6 Å². The zero-order chi connectivity index (χ0) is 12.4. The van der Waals surface area contributed by atoms with E-state index in [1.54, 1.807) is 0 Å². The maximum absolute atomic E-state index is 6.21. The minimum atomic E-state index is 0.268. The van der Waals surface area contributed by atoms with Crippen LogP contribution in [0.15, 0.2) is 6.07 Å². The van der Waals surface area contributed by atoms with Crippen molar-refractivity contribution in [1.82, 2.24) is 9.97 Å². The summed E-state index contributed by atoms with van der Waals surface area (Å²) in [6, 6.07) is 2.72. The first-order valence-electron chi connectivity index (χ1n) is 6.38. The standard InChI is InChI=1S/C13H22N4/c1-9-8-13(16-10(2)15-9)17(3)12-7-5-4-6-11(12)14/h8,11-12H,4-7,14H2,1-3H3. The molecule has 4 nitrogen and oxygen atoms in total. The van der Waals surface area contributed by atoms with Crippen LogP contribution in [0.4, 0.5) is 5.82 Å². The van der Waals surface area contributed by atoms with Gasteiger partial charge in [-0.25, -0.2) is 9.97 Å². The number of likely N-dealkylation sites (N-methyl/N-ethyl adjacent to an activating group) is 1. The topological polar surface area (TPSA) is 55.0 Å². The second kappa shape index (κ2) is 5.00. The van der Waals surface area contributed by atoms with E-state index in [0.717, 1.165) is 23.8 Å². The Bertz CT molecular complexity index is 371. The fraction of sp³-hybridized carbons (Fsp3) is 0.692. The molecule has 17 heavy (non-hydrogen) atoms. The molecule has 0 aromatic carbocycles. The first-order valence-corrected chi connectivity index (χ1v) is 6.38. The van der Waals surface area contributed by atoms with Gasteiger partial charge in [0.1, 0.15) is 11.6 Å². The van der Waals surface area contributed by atoms with Gasteiger partial charge in [0.2, 0.25) is 0 Å². The van der Waals surface area contributed by atoms with Crippen LogP contribution in [0.25, 0.3) is 0 Å². The van der Waals surface area contributed by atoms with Crippen LogP contribution in [0.3, 0.4) is 0 Å². The zero-order valence-corrected chi connectivity index (χ0v) is 11.0. The highest BCUT2D eigenvalue weighted by Crippen LogP contribution is 2.24. The van der Waals surface area contributed by atoms with Gasteiger partial charge in [-0.2, -0.15) is 0 Å². The minimum Gasteiger partial charge on any atom is -0.355 e. The highest BCUT2D eigenvalue weighted by atomic mass is 15.2. The van der Waals surface area contributed by atoms with Crippen molar-refractivity contribution in [3.05, 3.63) is 17.6 Å². The molecule has 2 unspecified atom stereocenters. The molecule has 1 fully saturated rings. The molecule has 0 saturated heterocycles. The van der Waals surface area contributed by atoms with Gasteiger partial charge in [0.25, 0.3) is 0 Å². The van der Waals surface area contributed by atoms with Crippen molar-refractivity contribution in [2.24, 2.45) is 5.73 Å². The Balaban J connectivity index is 2.20. The fourth-order valence-electron chi connectivity index (χ4n) is 2.67. The average Bonchev–Trinajstić information content (AvgIpc) is 2.27. The lowest BCUT2D eigenvalue weighted by molar-refractivity contribution is 0.372. The third-order valence-electron chi connectivity index (χ3n) is 3.59. The Morgan fingerprint density at radius 1 is 1.24 bits per heavy atom. The van der Waals surface area contributed by atoms with Gasteiger partial charge in [0.15, 0.2) is 0 Å². The predicted molar refractivity (Wildman–Crippen MR) is 70.1 cm³/mol. The van der Waals surface area contributed by atoms with Gasteiger partial charge in [-0.1, -0.05) is 12.8 Å². The molecular weight excluding hydrogens is 212 g/mol. The van der Waals surface area contributed by atoms with E-state index in [1.165, 1.54) is 19.3 Å². The van der Waals surface area contributed by atoms with E-state index in [1.807, 2.05) is 19.9 Å². The van der Waals surface area contributed by atoms with E-state index in [0.29, 0.717) is 6.04 Å². The monoisotopic (exact) mass is 234 g/mol. The Labute approximate surface area is 103 Å². The lowest BCUT2D eigenvalue weighted by Crippen LogP contribution is -2.48. The van der Waals surface area contributed by atoms with Gasteiger partial charge in [-0.3, -0.25) is 0 Å². The highest BCUT2D eigenvalue weighted by molar-refractivity contribution is 5.40. The normalized spacial score (nSPS) is 24.7. The summed E-state index contributed by atoms with van der Waals surface area (Å²) in [6.07, 6.45) is 4.82. The summed E-state index contributed by atoms with van der Waals surface area (Å²) in [4.78, 5) is 11.0. The number of hydrogen-bond acceptors (Lipinski definition) is 4. The first kappa shape index (κ1) is 12.3. The van der Waals surface area contributed by atoms with Crippen molar-refractivity contribution < 1.29 is 0 Å². The molecule has 1 heterocycles. The third kappa shape index (κ3) is 2.75. The van der Waals surface area contributed by atoms with Crippen molar-refractivity contribution in [3.63, 3.8) is 0 Å². The molecule has 0 aliphatic heterocycles. The van der Waals surface area contributed by atoms with E-state index in [9.17, 15) is 0 Å². The Hall–Kier alpha value is -1.16. The largest absolute Gasteiger partial charge is 0.355 e. The first-order chi connectivity index (χ1) is 8.08. The van der Waals surface area contributed by atoms with E-state index in [2.05, 4.69) is 21.9 Å². The van der Waals surface area contributed by atoms with Gasteiger partial charge in [-0.15, -0.1) is 0 Å². The molecule has 0 bridgehead atoms. The van der Waals surface area contributed by atoms with E-state index < -0.39 is 0 Å². The minimum absolute atomic E-state index is 0.268. The molecule has 4 heteroatoms. The van der Waals surface area contributed by atoms with Crippen LogP contribution in [0.5, 0.6) is 0 Å². The lowest BCUT2D eigenvalue weighted by Gasteiger charge is -2.36. The zero-order valence-electron chi connectivity index (χ0n) is 11.0. The Morgan fingerprint density at radius 2 is 1.94 bits per heavy atom. The number of nitrogens with two attached hydrogens (primary N) is 1. The maximum Gasteiger partial charge on any atom is 0.132 e. The smallest absolute Gasteiger partial charge is 0.132 e. The average molecular weight is 234 g/mol. The molecule has 2 rings (SSSR count). The molecule has 1 aliphatic carbocycles. The molecule has 1 aliphatic rings. The Kier molecular flexibility index (Phi) is 3.62. The maximum atomic E-state index is 6.21. The van der Waals surface area contributed by atoms with E-state index in [-0.39, 0.29) is 6.04 Å². The molecular formula is C13H22N4. The number of hydrogen-bond donors (Lipinski definition) is 1. The lowest BCUT2D eigenvalue weighted by atomic mass is 9.90. The van der Waals surface area contributed by atoms with Crippen LogP contribution >= 0.6 is 0 Å².